The summed E-state index contributed by atoms with van der Waals surface area (Å²) in [6, 6.07) is 1.70. The van der Waals surface area contributed by atoms with Gasteiger partial charge in [0.25, 0.3) is 0 Å². The van der Waals surface area contributed by atoms with Crippen LogP contribution in [0.1, 0.15) is 21.9 Å². The molecular weight excluding hydrogens is 332 g/mol. The van der Waals surface area contributed by atoms with Gasteiger partial charge in [0.1, 0.15) is 23.4 Å². The number of rotatable bonds is 8. The number of ether oxygens (including phenoxy) is 2. The van der Waals surface area contributed by atoms with Crippen molar-refractivity contribution in [1.82, 2.24) is 19.2 Å². The fourth-order valence-electron chi connectivity index (χ4n) is 2.29. The van der Waals surface area contributed by atoms with Gasteiger partial charge in [0.15, 0.2) is 4.77 Å². The van der Waals surface area contributed by atoms with Crippen LogP contribution in [0.4, 0.5) is 0 Å². The summed E-state index contributed by atoms with van der Waals surface area (Å²) in [5, 5.41) is 4.29. The summed E-state index contributed by atoms with van der Waals surface area (Å²) in [5.41, 5.74) is 0.446. The monoisotopic (exact) mass is 354 g/mol. The molecule has 0 saturated heterocycles. The van der Waals surface area contributed by atoms with Crippen molar-refractivity contribution in [3.8, 4) is 0 Å². The Morgan fingerprint density at radius 2 is 2.21 bits per heavy atom. The second-order valence-corrected chi connectivity index (χ2v) is 5.79. The van der Waals surface area contributed by atoms with E-state index in [9.17, 15) is 4.79 Å². The lowest BCUT2D eigenvalue weighted by atomic mass is 10.2. The van der Waals surface area contributed by atoms with E-state index < -0.39 is 5.97 Å². The van der Waals surface area contributed by atoms with Gasteiger partial charge in [-0.1, -0.05) is 0 Å². The molecule has 0 saturated carbocycles. The Hall–Kier alpha value is -1.97. The van der Waals surface area contributed by atoms with E-state index in [2.05, 4.69) is 5.10 Å². The third-order valence-corrected chi connectivity index (χ3v) is 3.95. The van der Waals surface area contributed by atoms with Crippen LogP contribution in [0, 0.1) is 11.7 Å². The summed E-state index contributed by atoms with van der Waals surface area (Å²) in [7, 11) is 4.92. The van der Waals surface area contributed by atoms with Gasteiger partial charge < -0.3 is 18.5 Å². The molecule has 9 heteroatoms. The maximum Gasteiger partial charge on any atom is 0.341 e. The second-order valence-electron chi connectivity index (χ2n) is 5.43. The molecule has 0 radical (unpaired) electrons. The number of furan rings is 1. The Morgan fingerprint density at radius 3 is 2.88 bits per heavy atom. The van der Waals surface area contributed by atoms with Gasteiger partial charge in [0, 0.05) is 13.7 Å². The first-order valence-electron chi connectivity index (χ1n) is 7.43. The van der Waals surface area contributed by atoms with Crippen molar-refractivity contribution in [3.63, 3.8) is 0 Å². The highest BCUT2D eigenvalue weighted by Gasteiger charge is 2.16. The summed E-state index contributed by atoms with van der Waals surface area (Å²) in [6.07, 6.45) is 1.70. The highest BCUT2D eigenvalue weighted by Crippen LogP contribution is 2.17. The normalized spacial score (nSPS) is 11.2. The molecule has 0 aliphatic rings. The maximum absolute atomic E-state index is 11.6. The molecule has 0 bridgehead atoms. The Labute approximate surface area is 145 Å². The largest absolute Gasteiger partial charge is 0.465 e. The van der Waals surface area contributed by atoms with Gasteiger partial charge in [-0.25, -0.2) is 9.48 Å². The van der Waals surface area contributed by atoms with Crippen LogP contribution in [0.25, 0.3) is 0 Å². The van der Waals surface area contributed by atoms with Crippen molar-refractivity contribution in [2.24, 2.45) is 0 Å². The molecule has 0 atom stereocenters. The van der Waals surface area contributed by atoms with Crippen LogP contribution in [0.15, 0.2) is 16.8 Å². The van der Waals surface area contributed by atoms with Gasteiger partial charge in [-0.2, -0.15) is 5.10 Å². The van der Waals surface area contributed by atoms with Crippen LogP contribution in [-0.2, 0) is 29.2 Å². The zero-order valence-corrected chi connectivity index (χ0v) is 15.1. The van der Waals surface area contributed by atoms with E-state index in [0.717, 1.165) is 0 Å². The fraction of sp³-hybridized carbons (Fsp3) is 0.533. The SMILES string of the molecule is COCCn1cnn(CN(C)Cc2cc(C(=O)OC)c(C)o2)c1=S. The Balaban J connectivity index is 2.01. The molecule has 2 rings (SSSR count). The van der Waals surface area contributed by atoms with Gasteiger partial charge in [0.05, 0.1) is 26.9 Å². The predicted octanol–water partition coefficient (Wildman–Crippen LogP) is 1.84. The van der Waals surface area contributed by atoms with Crippen molar-refractivity contribution >= 4 is 18.2 Å². The van der Waals surface area contributed by atoms with Crippen molar-refractivity contribution < 1.29 is 18.7 Å². The lowest BCUT2D eigenvalue weighted by Gasteiger charge is -2.14. The summed E-state index contributed by atoms with van der Waals surface area (Å²) < 4.78 is 19.6. The van der Waals surface area contributed by atoms with Gasteiger partial charge in [-0.05, 0) is 32.3 Å². The van der Waals surface area contributed by atoms with Gasteiger partial charge in [-0.3, -0.25) is 4.90 Å². The van der Waals surface area contributed by atoms with E-state index >= 15 is 0 Å². The van der Waals surface area contributed by atoms with Crippen molar-refractivity contribution in [1.29, 1.82) is 0 Å². The molecule has 0 aliphatic carbocycles. The molecule has 0 fully saturated rings. The third kappa shape index (κ3) is 4.31. The second kappa shape index (κ2) is 8.22. The Morgan fingerprint density at radius 1 is 1.46 bits per heavy atom. The number of esters is 1. The number of carbonyl (C=O) groups excluding carboxylic acids is 1. The lowest BCUT2D eigenvalue weighted by molar-refractivity contribution is 0.0599. The molecule has 2 heterocycles. The summed E-state index contributed by atoms with van der Waals surface area (Å²) in [5.74, 6) is 0.829. The smallest absolute Gasteiger partial charge is 0.341 e. The van der Waals surface area contributed by atoms with Crippen molar-refractivity contribution in [3.05, 3.63) is 34.2 Å². The van der Waals surface area contributed by atoms with E-state index in [-0.39, 0.29) is 0 Å². The zero-order chi connectivity index (χ0) is 17.7. The molecule has 2 aromatic heterocycles. The molecular formula is C15H22N4O4S. The first-order chi connectivity index (χ1) is 11.5. The number of hydrogen-bond acceptors (Lipinski definition) is 7. The average Bonchev–Trinajstić information content (AvgIpc) is 3.08. The van der Waals surface area contributed by atoms with Crippen LogP contribution in [0.2, 0.25) is 0 Å². The van der Waals surface area contributed by atoms with Gasteiger partial charge in [-0.15, -0.1) is 0 Å². The van der Waals surface area contributed by atoms with Gasteiger partial charge >= 0.3 is 5.97 Å². The molecule has 2 aromatic rings. The number of hydrogen-bond donors (Lipinski definition) is 0. The molecule has 0 N–H and O–H groups in total. The number of nitrogens with zero attached hydrogens (tertiary/aromatic N) is 4. The highest BCUT2D eigenvalue weighted by molar-refractivity contribution is 7.71. The standard InChI is InChI=1S/C15H22N4O4S/c1-11-13(14(20)22-4)7-12(23-11)8-17(2)10-19-15(24)18(9-16-19)5-6-21-3/h7,9H,5-6,8,10H2,1-4H3. The topological polar surface area (TPSA) is 74.7 Å². The number of aryl methyl sites for hydroxylation is 1. The minimum atomic E-state index is -0.399. The fourth-order valence-corrected chi connectivity index (χ4v) is 2.53. The lowest BCUT2D eigenvalue weighted by Crippen LogP contribution is -2.22. The van der Waals surface area contributed by atoms with Crippen LogP contribution < -0.4 is 0 Å². The van der Waals surface area contributed by atoms with Crippen LogP contribution in [-0.4, -0.2) is 53.1 Å². The summed E-state index contributed by atoms with van der Waals surface area (Å²) >= 11 is 5.39. The molecule has 8 nitrogen and oxygen atoms in total. The van der Waals surface area contributed by atoms with Crippen molar-refractivity contribution in [2.45, 2.75) is 26.7 Å². The minimum absolute atomic E-state index is 0.399. The highest BCUT2D eigenvalue weighted by atomic mass is 32.1. The van der Waals surface area contributed by atoms with E-state index in [4.69, 9.17) is 26.1 Å². The zero-order valence-electron chi connectivity index (χ0n) is 14.3. The Kier molecular flexibility index (Phi) is 6.29. The number of methoxy groups -OCH3 is 2. The van der Waals surface area contributed by atoms with Crippen LogP contribution in [0.3, 0.4) is 0 Å². The third-order valence-electron chi connectivity index (χ3n) is 3.51. The first kappa shape index (κ1) is 18.4. The average molecular weight is 354 g/mol. The summed E-state index contributed by atoms with van der Waals surface area (Å²) in [4.78, 5) is 13.6. The molecule has 132 valence electrons. The van der Waals surface area contributed by atoms with E-state index in [1.807, 2.05) is 16.5 Å². The van der Waals surface area contributed by atoms with E-state index in [0.29, 0.717) is 48.2 Å². The maximum atomic E-state index is 11.6. The van der Waals surface area contributed by atoms with Crippen LogP contribution in [0.5, 0.6) is 0 Å². The van der Waals surface area contributed by atoms with E-state index in [1.165, 1.54) is 7.11 Å². The van der Waals surface area contributed by atoms with E-state index in [1.54, 1.807) is 31.1 Å². The number of aromatic nitrogens is 3. The Bertz CT molecular complexity index is 749. The quantitative estimate of drug-likeness (QED) is 0.529. The van der Waals surface area contributed by atoms with Crippen LogP contribution >= 0.6 is 12.2 Å². The minimum Gasteiger partial charge on any atom is -0.465 e. The molecule has 0 aliphatic heterocycles. The number of carbonyl (C=O) groups is 1. The molecule has 24 heavy (non-hydrogen) atoms. The molecule has 0 amide bonds. The van der Waals surface area contributed by atoms with Crippen molar-refractivity contribution in [2.75, 3.05) is 27.9 Å². The molecule has 0 spiro atoms. The van der Waals surface area contributed by atoms with Gasteiger partial charge in [0.2, 0.25) is 0 Å². The first-order valence-corrected chi connectivity index (χ1v) is 7.84. The predicted molar refractivity (Wildman–Crippen MR) is 89.2 cm³/mol. The molecule has 0 aromatic carbocycles. The summed E-state index contributed by atoms with van der Waals surface area (Å²) in [6.45, 7) is 4.01. The molecule has 0 unspecified atom stereocenters.